The second kappa shape index (κ2) is 4.93. The van der Waals surface area contributed by atoms with Crippen molar-refractivity contribution in [3.05, 3.63) is 33.8 Å². The molecule has 0 radical (unpaired) electrons. The lowest BCUT2D eigenvalue weighted by molar-refractivity contribution is -0.142. The predicted molar refractivity (Wildman–Crippen MR) is 75.2 cm³/mol. The number of amides is 1. The highest BCUT2D eigenvalue weighted by Gasteiger charge is 2.51. The van der Waals surface area contributed by atoms with E-state index < -0.39 is 11.9 Å². The van der Waals surface area contributed by atoms with E-state index in [1.165, 1.54) is 0 Å². The van der Waals surface area contributed by atoms with E-state index in [1.807, 2.05) is 0 Å². The number of rotatable bonds is 2. The van der Waals surface area contributed by atoms with Gasteiger partial charge in [0, 0.05) is 12.1 Å². The van der Waals surface area contributed by atoms with Crippen molar-refractivity contribution in [1.82, 2.24) is 4.90 Å². The van der Waals surface area contributed by atoms with Crippen molar-refractivity contribution in [2.45, 2.75) is 31.3 Å². The Morgan fingerprint density at radius 2 is 1.85 bits per heavy atom. The average Bonchev–Trinajstić information content (AvgIpc) is 2.95. The minimum atomic E-state index is -0.833. The quantitative estimate of drug-likeness (QED) is 0.912. The molecule has 2 aliphatic heterocycles. The van der Waals surface area contributed by atoms with Crippen LogP contribution < -0.4 is 0 Å². The standard InChI is InChI=1S/C14H13Cl2NO3/c15-9-2-1-3-10(16)12(9)13(18)17-7-4-5-11(17)8(6-7)14(19)20/h1-3,7-8,11H,4-6H2,(H,19,20). The summed E-state index contributed by atoms with van der Waals surface area (Å²) in [5, 5.41) is 9.84. The zero-order valence-electron chi connectivity index (χ0n) is 10.6. The van der Waals surface area contributed by atoms with E-state index in [0.29, 0.717) is 16.5 Å². The molecule has 20 heavy (non-hydrogen) atoms. The van der Waals surface area contributed by atoms with E-state index in [-0.39, 0.29) is 23.6 Å². The molecule has 3 atom stereocenters. The summed E-state index contributed by atoms with van der Waals surface area (Å²) in [4.78, 5) is 25.6. The molecule has 106 valence electrons. The van der Waals surface area contributed by atoms with Gasteiger partial charge in [-0.3, -0.25) is 9.59 Å². The third kappa shape index (κ3) is 1.98. The van der Waals surface area contributed by atoms with Crippen molar-refractivity contribution in [1.29, 1.82) is 0 Å². The molecule has 2 heterocycles. The van der Waals surface area contributed by atoms with Gasteiger partial charge in [-0.1, -0.05) is 29.3 Å². The van der Waals surface area contributed by atoms with Crippen LogP contribution >= 0.6 is 23.2 Å². The van der Waals surface area contributed by atoms with Crippen molar-refractivity contribution < 1.29 is 14.7 Å². The van der Waals surface area contributed by atoms with Gasteiger partial charge < -0.3 is 10.0 Å². The Morgan fingerprint density at radius 3 is 2.40 bits per heavy atom. The van der Waals surface area contributed by atoms with Crippen LogP contribution in [0.2, 0.25) is 10.0 Å². The largest absolute Gasteiger partial charge is 0.481 e. The van der Waals surface area contributed by atoms with Crippen LogP contribution in [0.15, 0.2) is 18.2 Å². The molecule has 0 aliphatic carbocycles. The lowest BCUT2D eigenvalue weighted by atomic mass is 9.89. The zero-order valence-corrected chi connectivity index (χ0v) is 12.1. The van der Waals surface area contributed by atoms with E-state index in [4.69, 9.17) is 23.2 Å². The van der Waals surface area contributed by atoms with Gasteiger partial charge in [-0.15, -0.1) is 0 Å². The molecule has 2 bridgehead atoms. The number of aliphatic carboxylic acids is 1. The molecule has 4 nitrogen and oxygen atoms in total. The maximum Gasteiger partial charge on any atom is 0.308 e. The third-order valence-corrected chi connectivity index (χ3v) is 4.90. The Balaban J connectivity index is 1.94. The summed E-state index contributed by atoms with van der Waals surface area (Å²) in [5.74, 6) is -1.56. The first kappa shape index (κ1) is 13.7. The van der Waals surface area contributed by atoms with E-state index in [9.17, 15) is 14.7 Å². The first-order valence-electron chi connectivity index (χ1n) is 6.50. The van der Waals surface area contributed by atoms with E-state index in [2.05, 4.69) is 0 Å². The van der Waals surface area contributed by atoms with Crippen LogP contribution in [-0.2, 0) is 4.79 Å². The molecule has 0 aromatic heterocycles. The lowest BCUT2D eigenvalue weighted by Gasteiger charge is -2.24. The minimum Gasteiger partial charge on any atom is -0.481 e. The number of carboxylic acids is 1. The van der Waals surface area contributed by atoms with Gasteiger partial charge in [0.05, 0.1) is 21.5 Å². The van der Waals surface area contributed by atoms with Gasteiger partial charge in [0.1, 0.15) is 0 Å². The molecular formula is C14H13Cl2NO3. The van der Waals surface area contributed by atoms with Crippen molar-refractivity contribution in [2.24, 2.45) is 5.92 Å². The number of hydrogen-bond donors (Lipinski definition) is 1. The molecular weight excluding hydrogens is 301 g/mol. The first-order chi connectivity index (χ1) is 9.50. The number of nitrogens with zero attached hydrogens (tertiary/aromatic N) is 1. The Labute approximate surface area is 126 Å². The van der Waals surface area contributed by atoms with Crippen LogP contribution in [0.5, 0.6) is 0 Å². The van der Waals surface area contributed by atoms with Crippen molar-refractivity contribution in [2.75, 3.05) is 0 Å². The molecule has 0 spiro atoms. The Hall–Kier alpha value is -1.26. The highest BCUT2D eigenvalue weighted by molar-refractivity contribution is 6.39. The monoisotopic (exact) mass is 313 g/mol. The number of halogens is 2. The van der Waals surface area contributed by atoms with Gasteiger partial charge >= 0.3 is 5.97 Å². The number of hydrogen-bond acceptors (Lipinski definition) is 2. The number of carbonyl (C=O) groups is 2. The Morgan fingerprint density at radius 1 is 1.20 bits per heavy atom. The maximum atomic E-state index is 12.7. The molecule has 2 saturated heterocycles. The topological polar surface area (TPSA) is 57.6 Å². The molecule has 3 unspecified atom stereocenters. The summed E-state index contributed by atoms with van der Waals surface area (Å²) in [6.07, 6.45) is 2.10. The fourth-order valence-corrected chi connectivity index (χ4v) is 3.96. The van der Waals surface area contributed by atoms with Crippen molar-refractivity contribution in [3.63, 3.8) is 0 Å². The Kier molecular flexibility index (Phi) is 3.38. The smallest absolute Gasteiger partial charge is 0.308 e. The van der Waals surface area contributed by atoms with E-state index >= 15 is 0 Å². The van der Waals surface area contributed by atoms with Gasteiger partial charge in [-0.25, -0.2) is 0 Å². The van der Waals surface area contributed by atoms with Gasteiger partial charge in [0.2, 0.25) is 0 Å². The second-order valence-electron chi connectivity index (χ2n) is 5.29. The molecule has 2 aliphatic rings. The van der Waals surface area contributed by atoms with Gasteiger partial charge in [0.25, 0.3) is 5.91 Å². The number of carbonyl (C=O) groups excluding carboxylic acids is 1. The van der Waals surface area contributed by atoms with Crippen LogP contribution in [0.1, 0.15) is 29.6 Å². The fraction of sp³-hybridized carbons (Fsp3) is 0.429. The summed E-state index contributed by atoms with van der Waals surface area (Å²) < 4.78 is 0. The summed E-state index contributed by atoms with van der Waals surface area (Å²) in [6, 6.07) is 4.67. The molecule has 1 aromatic rings. The van der Waals surface area contributed by atoms with Gasteiger partial charge in [-0.05, 0) is 31.4 Å². The molecule has 1 amide bonds. The average molecular weight is 314 g/mol. The van der Waals surface area contributed by atoms with Crippen LogP contribution in [0, 0.1) is 5.92 Å². The normalized spacial score (nSPS) is 27.9. The molecule has 3 rings (SSSR count). The van der Waals surface area contributed by atoms with Gasteiger partial charge in [-0.2, -0.15) is 0 Å². The van der Waals surface area contributed by atoms with E-state index in [0.717, 1.165) is 12.8 Å². The summed E-state index contributed by atoms with van der Waals surface area (Å²) in [7, 11) is 0. The molecule has 1 N–H and O–H groups in total. The number of carboxylic acid groups (broad SMARTS) is 1. The molecule has 2 fully saturated rings. The van der Waals surface area contributed by atoms with Crippen LogP contribution in [0.4, 0.5) is 0 Å². The number of fused-ring (bicyclic) bond motifs is 2. The third-order valence-electron chi connectivity index (χ3n) is 4.27. The van der Waals surface area contributed by atoms with Crippen molar-refractivity contribution in [3.8, 4) is 0 Å². The fourth-order valence-electron chi connectivity index (χ4n) is 3.40. The lowest BCUT2D eigenvalue weighted by Crippen LogP contribution is -2.38. The first-order valence-corrected chi connectivity index (χ1v) is 7.25. The SMILES string of the molecule is O=C(O)C1CC2CCC1N2C(=O)c1c(Cl)cccc1Cl. The highest BCUT2D eigenvalue weighted by atomic mass is 35.5. The van der Waals surface area contributed by atoms with Gasteiger partial charge in [0.15, 0.2) is 0 Å². The van der Waals surface area contributed by atoms with Crippen LogP contribution in [0.3, 0.4) is 0 Å². The highest BCUT2D eigenvalue weighted by Crippen LogP contribution is 2.43. The second-order valence-corrected chi connectivity index (χ2v) is 6.10. The van der Waals surface area contributed by atoms with Crippen molar-refractivity contribution >= 4 is 35.1 Å². The summed E-state index contributed by atoms with van der Waals surface area (Å²) in [5.41, 5.74) is 0.277. The maximum absolute atomic E-state index is 12.7. The van der Waals surface area contributed by atoms with Crippen LogP contribution in [0.25, 0.3) is 0 Å². The summed E-state index contributed by atoms with van der Waals surface area (Å²) >= 11 is 12.1. The minimum absolute atomic E-state index is 0.0130. The molecule has 1 aromatic carbocycles. The van der Waals surface area contributed by atoms with E-state index in [1.54, 1.807) is 23.1 Å². The van der Waals surface area contributed by atoms with Crippen LogP contribution in [-0.4, -0.2) is 34.0 Å². The summed E-state index contributed by atoms with van der Waals surface area (Å²) in [6.45, 7) is 0. The molecule has 0 saturated carbocycles. The predicted octanol–water partition coefficient (Wildman–Crippen LogP) is 3.07. The molecule has 6 heteroatoms. The zero-order chi connectivity index (χ0) is 14.4. The Bertz CT molecular complexity index is 570. The number of benzene rings is 1.